The maximum Gasteiger partial charge on any atom is 0.358 e. The van der Waals surface area contributed by atoms with E-state index >= 15 is 0 Å². The minimum absolute atomic E-state index is 0.239. The molecule has 0 aromatic carbocycles. The highest BCUT2D eigenvalue weighted by Gasteiger charge is 2.27. The third-order valence-electron chi connectivity index (χ3n) is 4.88. The Kier molecular flexibility index (Phi) is 4.81. The second-order valence-corrected chi connectivity index (χ2v) is 7.79. The van der Waals surface area contributed by atoms with Crippen LogP contribution >= 0.6 is 11.6 Å². The molecule has 0 unspecified atom stereocenters. The van der Waals surface area contributed by atoms with Crippen molar-refractivity contribution in [2.45, 2.75) is 52.9 Å². The fraction of sp³-hybridized carbons (Fsp3) is 0.611. The van der Waals surface area contributed by atoms with Gasteiger partial charge >= 0.3 is 5.97 Å². The van der Waals surface area contributed by atoms with E-state index in [2.05, 4.69) is 23.9 Å². The molecular weight excluding hydrogens is 326 g/mol. The average Bonchev–Trinajstić information content (AvgIpc) is 2.94. The number of rotatable bonds is 4. The van der Waals surface area contributed by atoms with Crippen LogP contribution in [-0.2, 0) is 11.2 Å². The third-order valence-corrected chi connectivity index (χ3v) is 5.15. The number of carbonyl (C=O) groups is 1. The second kappa shape index (κ2) is 6.71. The van der Waals surface area contributed by atoms with Crippen molar-refractivity contribution >= 4 is 23.2 Å². The van der Waals surface area contributed by atoms with E-state index in [1.165, 1.54) is 30.2 Å². The molecule has 0 spiro atoms. The molecule has 0 radical (unpaired) electrons. The molecule has 3 rings (SSSR count). The summed E-state index contributed by atoms with van der Waals surface area (Å²) >= 11 is 6.33. The van der Waals surface area contributed by atoms with Gasteiger partial charge < -0.3 is 4.74 Å². The number of nitrogens with zero attached hydrogens (tertiary/aromatic N) is 3. The lowest BCUT2D eigenvalue weighted by Gasteiger charge is -2.34. The molecule has 1 aliphatic rings. The van der Waals surface area contributed by atoms with E-state index in [4.69, 9.17) is 16.3 Å². The summed E-state index contributed by atoms with van der Waals surface area (Å²) in [6.45, 7) is 6.76. The first kappa shape index (κ1) is 17.2. The predicted octanol–water partition coefficient (Wildman–Crippen LogP) is 4.32. The molecular formula is C18H24ClN3O2. The Balaban J connectivity index is 1.79. The Morgan fingerprint density at radius 2 is 2.08 bits per heavy atom. The van der Waals surface area contributed by atoms with Gasteiger partial charge in [-0.25, -0.2) is 14.3 Å². The van der Waals surface area contributed by atoms with Gasteiger partial charge in [-0.05, 0) is 56.4 Å². The van der Waals surface area contributed by atoms with Crippen LogP contribution in [0.15, 0.2) is 12.1 Å². The number of aromatic nitrogens is 3. The number of esters is 1. The Morgan fingerprint density at radius 1 is 1.38 bits per heavy atom. The van der Waals surface area contributed by atoms with Gasteiger partial charge in [0.15, 0.2) is 11.3 Å². The summed E-state index contributed by atoms with van der Waals surface area (Å²) in [5, 5.41) is 4.66. The lowest BCUT2D eigenvalue weighted by molar-refractivity contribution is 0.0519. The zero-order chi connectivity index (χ0) is 17.3. The minimum atomic E-state index is -0.449. The van der Waals surface area contributed by atoms with Crippen molar-refractivity contribution in [1.29, 1.82) is 0 Å². The lowest BCUT2D eigenvalue weighted by atomic mass is 9.72. The van der Waals surface area contributed by atoms with Gasteiger partial charge in [-0.2, -0.15) is 5.10 Å². The Labute approximate surface area is 147 Å². The van der Waals surface area contributed by atoms with Crippen molar-refractivity contribution in [2.24, 2.45) is 11.3 Å². The largest absolute Gasteiger partial charge is 0.461 e. The minimum Gasteiger partial charge on any atom is -0.461 e. The van der Waals surface area contributed by atoms with Crippen LogP contribution < -0.4 is 0 Å². The molecule has 2 aromatic rings. The molecule has 0 atom stereocenters. The number of hydrogen-bond donors (Lipinski definition) is 0. The van der Waals surface area contributed by atoms with Crippen LogP contribution in [0.4, 0.5) is 0 Å². The van der Waals surface area contributed by atoms with E-state index < -0.39 is 5.97 Å². The molecule has 130 valence electrons. The quantitative estimate of drug-likeness (QED) is 0.609. The van der Waals surface area contributed by atoms with Crippen LogP contribution in [0.2, 0.25) is 5.15 Å². The molecule has 1 aliphatic carbocycles. The normalized spacial score (nSPS) is 18.0. The predicted molar refractivity (Wildman–Crippen MR) is 93.4 cm³/mol. The van der Waals surface area contributed by atoms with Crippen molar-refractivity contribution < 1.29 is 9.53 Å². The van der Waals surface area contributed by atoms with E-state index in [0.29, 0.717) is 28.7 Å². The summed E-state index contributed by atoms with van der Waals surface area (Å²) in [5.74, 6) is 0.201. The summed E-state index contributed by atoms with van der Waals surface area (Å²) < 4.78 is 6.47. The third kappa shape index (κ3) is 3.72. The van der Waals surface area contributed by atoms with Crippen LogP contribution in [0.3, 0.4) is 0 Å². The van der Waals surface area contributed by atoms with Crippen LogP contribution in [0, 0.1) is 11.3 Å². The van der Waals surface area contributed by atoms with E-state index in [1.807, 2.05) is 6.07 Å². The van der Waals surface area contributed by atoms with Crippen molar-refractivity contribution in [1.82, 2.24) is 14.6 Å². The zero-order valence-corrected chi connectivity index (χ0v) is 15.3. The molecule has 0 saturated heterocycles. The van der Waals surface area contributed by atoms with Crippen molar-refractivity contribution in [3.05, 3.63) is 28.7 Å². The highest BCUT2D eigenvalue weighted by Crippen LogP contribution is 2.39. The number of carbonyl (C=O) groups excluding carboxylic acids is 1. The second-order valence-electron chi connectivity index (χ2n) is 7.40. The smallest absolute Gasteiger partial charge is 0.358 e. The van der Waals surface area contributed by atoms with Crippen molar-refractivity contribution in [3.63, 3.8) is 0 Å². The van der Waals surface area contributed by atoms with E-state index in [9.17, 15) is 4.79 Å². The standard InChI is InChI=1S/C18H24ClN3O2/c1-4-24-17(23)14-11-16-20-13(10-15(19)22(16)21-14)9-12-5-7-18(2,3)8-6-12/h10-12H,4-9H2,1-3H3. The first-order valence-electron chi connectivity index (χ1n) is 8.60. The fourth-order valence-corrected chi connectivity index (χ4v) is 3.60. The van der Waals surface area contributed by atoms with Gasteiger partial charge in [-0.3, -0.25) is 0 Å². The van der Waals surface area contributed by atoms with Crippen molar-refractivity contribution in [3.8, 4) is 0 Å². The van der Waals surface area contributed by atoms with Crippen LogP contribution in [-0.4, -0.2) is 27.2 Å². The Morgan fingerprint density at radius 3 is 2.75 bits per heavy atom. The van der Waals surface area contributed by atoms with E-state index in [-0.39, 0.29) is 5.69 Å². The molecule has 0 bridgehead atoms. The van der Waals surface area contributed by atoms with Gasteiger partial charge in [0.25, 0.3) is 0 Å². The summed E-state index contributed by atoms with van der Waals surface area (Å²) in [6.07, 6.45) is 5.89. The number of hydrogen-bond acceptors (Lipinski definition) is 4. The van der Waals surface area contributed by atoms with Crippen LogP contribution in [0.1, 0.15) is 62.6 Å². The first-order chi connectivity index (χ1) is 11.4. The maximum atomic E-state index is 11.8. The molecule has 0 aliphatic heterocycles. The SMILES string of the molecule is CCOC(=O)c1cc2nc(CC3CCC(C)(C)CC3)cc(Cl)n2n1. The fourth-order valence-electron chi connectivity index (χ4n) is 3.35. The number of ether oxygens (including phenoxy) is 1. The monoisotopic (exact) mass is 349 g/mol. The van der Waals surface area contributed by atoms with E-state index in [0.717, 1.165) is 12.1 Å². The molecule has 0 amide bonds. The molecule has 0 N–H and O–H groups in total. The average molecular weight is 350 g/mol. The molecule has 6 heteroatoms. The lowest BCUT2D eigenvalue weighted by Crippen LogP contribution is -2.22. The van der Waals surface area contributed by atoms with Crippen LogP contribution in [0.5, 0.6) is 0 Å². The van der Waals surface area contributed by atoms with Gasteiger partial charge in [-0.15, -0.1) is 0 Å². The number of fused-ring (bicyclic) bond motifs is 1. The van der Waals surface area contributed by atoms with Gasteiger partial charge in [-0.1, -0.05) is 25.4 Å². The van der Waals surface area contributed by atoms with Crippen LogP contribution in [0.25, 0.3) is 5.65 Å². The molecule has 1 fully saturated rings. The summed E-state index contributed by atoms with van der Waals surface area (Å²) in [4.78, 5) is 16.5. The summed E-state index contributed by atoms with van der Waals surface area (Å²) in [5.41, 5.74) is 2.26. The van der Waals surface area contributed by atoms with Gasteiger partial charge in [0, 0.05) is 11.8 Å². The van der Waals surface area contributed by atoms with Gasteiger partial charge in [0.1, 0.15) is 5.15 Å². The highest BCUT2D eigenvalue weighted by molar-refractivity contribution is 6.29. The first-order valence-corrected chi connectivity index (χ1v) is 8.98. The molecule has 1 saturated carbocycles. The highest BCUT2D eigenvalue weighted by atomic mass is 35.5. The maximum absolute atomic E-state index is 11.8. The van der Waals surface area contributed by atoms with Crippen molar-refractivity contribution in [2.75, 3.05) is 6.61 Å². The summed E-state index contributed by atoms with van der Waals surface area (Å²) in [6, 6.07) is 3.49. The molecule has 2 heterocycles. The topological polar surface area (TPSA) is 56.5 Å². The Bertz CT molecular complexity index is 744. The van der Waals surface area contributed by atoms with Gasteiger partial charge in [0.05, 0.1) is 6.61 Å². The summed E-state index contributed by atoms with van der Waals surface area (Å²) in [7, 11) is 0. The molecule has 24 heavy (non-hydrogen) atoms. The number of halogens is 1. The Hall–Kier alpha value is -1.62. The van der Waals surface area contributed by atoms with E-state index in [1.54, 1.807) is 13.0 Å². The molecule has 2 aromatic heterocycles. The molecule has 5 nitrogen and oxygen atoms in total. The zero-order valence-electron chi connectivity index (χ0n) is 14.5. The van der Waals surface area contributed by atoms with Gasteiger partial charge in [0.2, 0.25) is 0 Å².